The predicted molar refractivity (Wildman–Crippen MR) is 75.6 cm³/mol. The van der Waals surface area contributed by atoms with Crippen molar-refractivity contribution in [3.05, 3.63) is 35.4 Å². The molecule has 0 aliphatic rings. The Bertz CT molecular complexity index is 380. The Morgan fingerprint density at radius 1 is 1.12 bits per heavy atom. The third-order valence-electron chi connectivity index (χ3n) is 2.66. The first-order valence-corrected chi connectivity index (χ1v) is 6.21. The summed E-state index contributed by atoms with van der Waals surface area (Å²) in [5.74, 6) is 0. The lowest BCUT2D eigenvalue weighted by Gasteiger charge is -2.19. The monoisotopic (exact) mass is 232 g/mol. The van der Waals surface area contributed by atoms with Gasteiger partial charge in [0.2, 0.25) is 0 Å². The van der Waals surface area contributed by atoms with Crippen LogP contribution in [-0.2, 0) is 5.41 Å². The van der Waals surface area contributed by atoms with E-state index in [1.165, 1.54) is 11.1 Å². The van der Waals surface area contributed by atoms with E-state index in [1.54, 1.807) is 0 Å². The highest BCUT2D eigenvalue weighted by molar-refractivity contribution is 5.98. The van der Waals surface area contributed by atoms with Gasteiger partial charge in [0, 0.05) is 6.04 Å². The molecule has 0 saturated heterocycles. The van der Waals surface area contributed by atoms with E-state index in [-0.39, 0.29) is 5.41 Å². The summed E-state index contributed by atoms with van der Waals surface area (Å²) in [5.41, 5.74) is 6.84. The smallest absolute Gasteiger partial charge is 0.0644 e. The largest absolute Gasteiger partial charge is 0.307 e. The number of hydrogen-bond acceptors (Lipinski definition) is 2. The molecule has 0 spiro atoms. The molecule has 17 heavy (non-hydrogen) atoms. The molecule has 0 aromatic heterocycles. The number of hydrogen-bond donors (Lipinski definition) is 1. The van der Waals surface area contributed by atoms with Gasteiger partial charge >= 0.3 is 0 Å². The number of hydrazone groups is 1. The molecule has 0 atom stereocenters. The van der Waals surface area contributed by atoms with Crippen LogP contribution in [0, 0.1) is 0 Å². The van der Waals surface area contributed by atoms with Crippen LogP contribution in [0.3, 0.4) is 0 Å². The van der Waals surface area contributed by atoms with Gasteiger partial charge in [-0.1, -0.05) is 45.0 Å². The van der Waals surface area contributed by atoms with Gasteiger partial charge in [-0.3, -0.25) is 0 Å². The Kier molecular flexibility index (Phi) is 4.33. The SMILES string of the molecule is C/C(=N\NC(C)C)c1ccc(C(C)(C)C)cc1. The van der Waals surface area contributed by atoms with Gasteiger partial charge in [-0.2, -0.15) is 5.10 Å². The Morgan fingerprint density at radius 3 is 2.06 bits per heavy atom. The first-order valence-electron chi connectivity index (χ1n) is 6.21. The second kappa shape index (κ2) is 5.35. The standard InChI is InChI=1S/C15H24N2/c1-11(2)16-17-12(3)13-7-9-14(10-8-13)15(4,5)6/h7-11,16H,1-6H3/b17-12+. The van der Waals surface area contributed by atoms with Crippen LogP contribution >= 0.6 is 0 Å². The fourth-order valence-corrected chi connectivity index (χ4v) is 1.50. The Balaban J connectivity index is 2.84. The minimum Gasteiger partial charge on any atom is -0.307 e. The molecule has 2 heteroatoms. The van der Waals surface area contributed by atoms with E-state index in [0.29, 0.717) is 6.04 Å². The predicted octanol–water partition coefficient (Wildman–Crippen LogP) is 3.71. The number of nitrogens with zero attached hydrogens (tertiary/aromatic N) is 1. The van der Waals surface area contributed by atoms with Gasteiger partial charge in [0.05, 0.1) is 5.71 Å². The first-order chi connectivity index (χ1) is 7.80. The zero-order valence-electron chi connectivity index (χ0n) is 11.8. The quantitative estimate of drug-likeness (QED) is 0.623. The molecule has 94 valence electrons. The lowest BCUT2D eigenvalue weighted by Crippen LogP contribution is -2.18. The summed E-state index contributed by atoms with van der Waals surface area (Å²) in [6.45, 7) is 12.9. The van der Waals surface area contributed by atoms with E-state index in [9.17, 15) is 0 Å². The molecule has 0 amide bonds. The van der Waals surface area contributed by atoms with E-state index >= 15 is 0 Å². The third-order valence-corrected chi connectivity index (χ3v) is 2.66. The molecule has 1 aromatic carbocycles. The third kappa shape index (κ3) is 4.22. The summed E-state index contributed by atoms with van der Waals surface area (Å²) < 4.78 is 0. The fraction of sp³-hybridized carbons (Fsp3) is 0.533. The summed E-state index contributed by atoms with van der Waals surface area (Å²) in [6, 6.07) is 9.02. The summed E-state index contributed by atoms with van der Waals surface area (Å²) in [5, 5.41) is 4.35. The van der Waals surface area contributed by atoms with Gasteiger partial charge in [0.1, 0.15) is 0 Å². The topological polar surface area (TPSA) is 24.4 Å². The molecule has 0 bridgehead atoms. The van der Waals surface area contributed by atoms with Gasteiger partial charge in [-0.25, -0.2) is 0 Å². The van der Waals surface area contributed by atoms with E-state index < -0.39 is 0 Å². The van der Waals surface area contributed by atoms with Crippen LogP contribution < -0.4 is 5.43 Å². The van der Waals surface area contributed by atoms with Crippen LogP contribution in [0.4, 0.5) is 0 Å². The number of rotatable bonds is 3. The maximum Gasteiger partial charge on any atom is 0.0644 e. The molecule has 1 aromatic rings. The Hall–Kier alpha value is -1.31. The van der Waals surface area contributed by atoms with Crippen LogP contribution in [0.15, 0.2) is 29.4 Å². The van der Waals surface area contributed by atoms with Gasteiger partial charge in [0.25, 0.3) is 0 Å². The van der Waals surface area contributed by atoms with Crippen molar-refractivity contribution < 1.29 is 0 Å². The fourth-order valence-electron chi connectivity index (χ4n) is 1.50. The zero-order valence-corrected chi connectivity index (χ0v) is 11.8. The Labute approximate surface area is 105 Å². The van der Waals surface area contributed by atoms with E-state index in [1.807, 2.05) is 6.92 Å². The van der Waals surface area contributed by atoms with Gasteiger partial charge < -0.3 is 5.43 Å². The molecule has 1 N–H and O–H groups in total. The van der Waals surface area contributed by atoms with Crippen LogP contribution in [0.1, 0.15) is 52.7 Å². The average Bonchev–Trinajstić information content (AvgIpc) is 2.25. The van der Waals surface area contributed by atoms with Crippen molar-refractivity contribution >= 4 is 5.71 Å². The van der Waals surface area contributed by atoms with Crippen LogP contribution in [-0.4, -0.2) is 11.8 Å². The van der Waals surface area contributed by atoms with Crippen molar-refractivity contribution in [3.63, 3.8) is 0 Å². The molecule has 0 heterocycles. The molecule has 0 unspecified atom stereocenters. The van der Waals surface area contributed by atoms with E-state index in [0.717, 1.165) is 5.71 Å². The molecule has 0 aliphatic carbocycles. The van der Waals surface area contributed by atoms with E-state index in [4.69, 9.17) is 0 Å². The van der Waals surface area contributed by atoms with Gasteiger partial charge in [-0.05, 0) is 37.3 Å². The molecule has 1 rings (SSSR count). The maximum absolute atomic E-state index is 4.35. The molecule has 0 fully saturated rings. The van der Waals surface area contributed by atoms with Crippen molar-refractivity contribution in [2.24, 2.45) is 5.10 Å². The highest BCUT2D eigenvalue weighted by Gasteiger charge is 2.13. The van der Waals surface area contributed by atoms with Crippen LogP contribution in [0.25, 0.3) is 0 Å². The minimum absolute atomic E-state index is 0.208. The first kappa shape index (κ1) is 13.8. The highest BCUT2D eigenvalue weighted by Crippen LogP contribution is 2.22. The molecule has 0 saturated carbocycles. The summed E-state index contributed by atoms with van der Waals surface area (Å²) in [7, 11) is 0. The summed E-state index contributed by atoms with van der Waals surface area (Å²) in [6.07, 6.45) is 0. The van der Waals surface area contributed by atoms with Gasteiger partial charge in [-0.15, -0.1) is 0 Å². The molecule has 2 nitrogen and oxygen atoms in total. The highest BCUT2D eigenvalue weighted by atomic mass is 15.3. The second-order valence-corrected chi connectivity index (χ2v) is 5.81. The van der Waals surface area contributed by atoms with E-state index in [2.05, 4.69) is 69.4 Å². The van der Waals surface area contributed by atoms with Crippen molar-refractivity contribution in [1.29, 1.82) is 0 Å². The van der Waals surface area contributed by atoms with Crippen molar-refractivity contribution in [2.75, 3.05) is 0 Å². The van der Waals surface area contributed by atoms with Crippen LogP contribution in [0.5, 0.6) is 0 Å². The molecule has 0 aliphatic heterocycles. The minimum atomic E-state index is 0.208. The lowest BCUT2D eigenvalue weighted by molar-refractivity contribution is 0.590. The maximum atomic E-state index is 4.35. The summed E-state index contributed by atoms with van der Waals surface area (Å²) in [4.78, 5) is 0. The molecule has 0 radical (unpaired) electrons. The second-order valence-electron chi connectivity index (χ2n) is 5.81. The molecular weight excluding hydrogens is 208 g/mol. The average molecular weight is 232 g/mol. The Morgan fingerprint density at radius 2 is 1.65 bits per heavy atom. The van der Waals surface area contributed by atoms with Crippen molar-refractivity contribution in [3.8, 4) is 0 Å². The summed E-state index contributed by atoms with van der Waals surface area (Å²) >= 11 is 0. The lowest BCUT2D eigenvalue weighted by atomic mass is 9.86. The normalized spacial score (nSPS) is 13.0. The molecular formula is C15H24N2. The number of benzene rings is 1. The zero-order chi connectivity index (χ0) is 13.1. The number of nitrogens with one attached hydrogen (secondary N) is 1. The van der Waals surface area contributed by atoms with Crippen LogP contribution in [0.2, 0.25) is 0 Å². The van der Waals surface area contributed by atoms with Crippen molar-refractivity contribution in [1.82, 2.24) is 5.43 Å². The van der Waals surface area contributed by atoms with Gasteiger partial charge in [0.15, 0.2) is 0 Å². The van der Waals surface area contributed by atoms with Crippen molar-refractivity contribution in [2.45, 2.75) is 53.0 Å².